The first kappa shape index (κ1) is 18.5. The molecule has 0 aliphatic rings. The Bertz CT molecular complexity index is 533. The maximum Gasteiger partial charge on any atom is 0.129 e. The zero-order chi connectivity index (χ0) is 16.3. The van der Waals surface area contributed by atoms with E-state index in [9.17, 15) is 0 Å². The molecule has 22 heavy (non-hydrogen) atoms. The lowest BCUT2D eigenvalue weighted by Gasteiger charge is -2.04. The minimum atomic E-state index is -1.31. The van der Waals surface area contributed by atoms with Gasteiger partial charge in [-0.25, -0.2) is 0 Å². The van der Waals surface area contributed by atoms with E-state index >= 15 is 0 Å². The van der Waals surface area contributed by atoms with Crippen LogP contribution in [0.5, 0.6) is 0 Å². The number of allylic oxidation sites excluding steroid dienone is 4. The van der Waals surface area contributed by atoms with E-state index in [1.165, 1.54) is 24.0 Å². The molecular formula is C21H30Si. The van der Waals surface area contributed by atoms with Crippen LogP contribution in [-0.2, 0) is 6.42 Å². The van der Waals surface area contributed by atoms with Gasteiger partial charge in [-0.05, 0) is 24.8 Å². The third kappa shape index (κ3) is 9.42. The number of hydrogen-bond donors (Lipinski definition) is 0. The van der Waals surface area contributed by atoms with E-state index in [1.807, 2.05) is 0 Å². The van der Waals surface area contributed by atoms with Gasteiger partial charge in [0.05, 0.1) is 0 Å². The summed E-state index contributed by atoms with van der Waals surface area (Å²) in [6, 6.07) is 10.7. The average molecular weight is 311 g/mol. The summed E-state index contributed by atoms with van der Waals surface area (Å²) in [4.78, 5) is 0. The van der Waals surface area contributed by atoms with Crippen LogP contribution in [0.25, 0.3) is 0 Å². The maximum absolute atomic E-state index is 3.48. The predicted molar refractivity (Wildman–Crippen MR) is 103 cm³/mol. The van der Waals surface area contributed by atoms with Crippen molar-refractivity contribution in [2.45, 2.75) is 58.7 Å². The Morgan fingerprint density at radius 2 is 1.82 bits per heavy atom. The number of benzene rings is 1. The highest BCUT2D eigenvalue weighted by atomic mass is 28.3. The molecule has 0 N–H and O–H groups in total. The molecule has 0 fully saturated rings. The molecule has 1 aromatic carbocycles. The Morgan fingerprint density at radius 3 is 2.45 bits per heavy atom. The SMILES string of the molecule is CCCC/C=C/C(C#C[Si](C)(C)C)=C\CCc1ccccc1. The second-order valence-electron chi connectivity index (χ2n) is 6.73. The fourth-order valence-corrected chi connectivity index (χ4v) is 2.51. The predicted octanol–water partition coefficient (Wildman–Crippen LogP) is 6.17. The molecular weight excluding hydrogens is 280 g/mol. The van der Waals surface area contributed by atoms with E-state index in [4.69, 9.17) is 0 Å². The van der Waals surface area contributed by atoms with Crippen molar-refractivity contribution < 1.29 is 0 Å². The summed E-state index contributed by atoms with van der Waals surface area (Å²) in [7, 11) is -1.31. The molecule has 1 aromatic rings. The first-order valence-corrected chi connectivity index (χ1v) is 11.9. The van der Waals surface area contributed by atoms with Crippen molar-refractivity contribution in [1.82, 2.24) is 0 Å². The van der Waals surface area contributed by atoms with E-state index in [0.717, 1.165) is 19.3 Å². The van der Waals surface area contributed by atoms with Gasteiger partial charge in [-0.2, -0.15) is 0 Å². The molecule has 0 aromatic heterocycles. The molecule has 0 atom stereocenters. The summed E-state index contributed by atoms with van der Waals surface area (Å²) in [5.74, 6) is 3.41. The van der Waals surface area contributed by atoms with Crippen LogP contribution in [0.2, 0.25) is 19.6 Å². The van der Waals surface area contributed by atoms with E-state index in [2.05, 4.69) is 86.6 Å². The van der Waals surface area contributed by atoms with Crippen molar-refractivity contribution in [3.05, 3.63) is 59.7 Å². The average Bonchev–Trinajstić information content (AvgIpc) is 2.48. The largest absolute Gasteiger partial charge is 0.129 e. The molecule has 0 nitrogen and oxygen atoms in total. The number of aryl methyl sites for hydroxylation is 1. The molecule has 0 radical (unpaired) electrons. The first-order chi connectivity index (χ1) is 10.5. The van der Waals surface area contributed by atoms with Crippen molar-refractivity contribution in [3.8, 4) is 11.5 Å². The van der Waals surface area contributed by atoms with Crippen molar-refractivity contribution in [2.75, 3.05) is 0 Å². The monoisotopic (exact) mass is 310 g/mol. The molecule has 1 heteroatoms. The molecule has 0 bridgehead atoms. The minimum Gasteiger partial charge on any atom is -0.127 e. The fourth-order valence-electron chi connectivity index (χ4n) is 1.99. The van der Waals surface area contributed by atoms with Gasteiger partial charge in [-0.15, -0.1) is 5.54 Å². The van der Waals surface area contributed by atoms with Gasteiger partial charge < -0.3 is 0 Å². The summed E-state index contributed by atoms with van der Waals surface area (Å²) in [5.41, 5.74) is 6.06. The smallest absolute Gasteiger partial charge is 0.127 e. The number of rotatable bonds is 7. The fraction of sp³-hybridized carbons (Fsp3) is 0.429. The highest BCUT2D eigenvalue weighted by molar-refractivity contribution is 6.83. The van der Waals surface area contributed by atoms with Crippen molar-refractivity contribution in [1.29, 1.82) is 0 Å². The second kappa shape index (κ2) is 10.2. The molecule has 0 saturated carbocycles. The summed E-state index contributed by atoms with van der Waals surface area (Å²) < 4.78 is 0. The summed E-state index contributed by atoms with van der Waals surface area (Å²) in [6.07, 6.45) is 12.6. The Morgan fingerprint density at radius 1 is 1.09 bits per heavy atom. The molecule has 0 spiro atoms. The summed E-state index contributed by atoms with van der Waals surface area (Å²) in [6.45, 7) is 9.11. The van der Waals surface area contributed by atoms with Crippen LogP contribution >= 0.6 is 0 Å². The van der Waals surface area contributed by atoms with Crippen LogP contribution in [0.1, 0.15) is 38.2 Å². The van der Waals surface area contributed by atoms with Crippen LogP contribution in [-0.4, -0.2) is 8.07 Å². The van der Waals surface area contributed by atoms with E-state index in [-0.39, 0.29) is 0 Å². The number of hydrogen-bond acceptors (Lipinski definition) is 0. The molecule has 0 aliphatic heterocycles. The Labute approximate surface area is 138 Å². The minimum absolute atomic E-state index is 1.05. The summed E-state index contributed by atoms with van der Waals surface area (Å²) >= 11 is 0. The van der Waals surface area contributed by atoms with Gasteiger partial charge in [0.25, 0.3) is 0 Å². The van der Waals surface area contributed by atoms with Crippen LogP contribution in [0.4, 0.5) is 0 Å². The highest BCUT2D eigenvalue weighted by Crippen LogP contribution is 2.08. The second-order valence-corrected chi connectivity index (χ2v) is 11.5. The van der Waals surface area contributed by atoms with Crippen molar-refractivity contribution in [3.63, 3.8) is 0 Å². The first-order valence-electron chi connectivity index (χ1n) is 8.45. The molecule has 0 aliphatic carbocycles. The molecule has 0 heterocycles. The van der Waals surface area contributed by atoms with Crippen LogP contribution in [0.3, 0.4) is 0 Å². The van der Waals surface area contributed by atoms with Gasteiger partial charge in [0.1, 0.15) is 8.07 Å². The van der Waals surface area contributed by atoms with Crippen molar-refractivity contribution in [2.24, 2.45) is 0 Å². The van der Waals surface area contributed by atoms with Crippen LogP contribution in [0.15, 0.2) is 54.1 Å². The van der Waals surface area contributed by atoms with E-state index in [1.54, 1.807) is 0 Å². The van der Waals surface area contributed by atoms with Crippen molar-refractivity contribution >= 4 is 8.07 Å². The van der Waals surface area contributed by atoms with Gasteiger partial charge in [-0.3, -0.25) is 0 Å². The lowest BCUT2D eigenvalue weighted by Crippen LogP contribution is -2.16. The van der Waals surface area contributed by atoms with Gasteiger partial charge in [-0.1, -0.05) is 93.9 Å². The van der Waals surface area contributed by atoms with Gasteiger partial charge in [0.2, 0.25) is 0 Å². The third-order valence-electron chi connectivity index (χ3n) is 3.24. The molecule has 0 amide bonds. The molecule has 0 unspecified atom stereocenters. The van der Waals surface area contributed by atoms with Crippen LogP contribution in [0, 0.1) is 11.5 Å². The van der Waals surface area contributed by atoms with Gasteiger partial charge in [0.15, 0.2) is 0 Å². The molecule has 118 valence electrons. The zero-order valence-electron chi connectivity index (χ0n) is 14.7. The quantitative estimate of drug-likeness (QED) is 0.244. The Hall–Kier alpha value is -1.52. The zero-order valence-corrected chi connectivity index (χ0v) is 15.7. The number of unbranched alkanes of at least 4 members (excludes halogenated alkanes) is 2. The molecule has 1 rings (SSSR count). The topological polar surface area (TPSA) is 0 Å². The van der Waals surface area contributed by atoms with E-state index in [0.29, 0.717) is 0 Å². The normalized spacial score (nSPS) is 12.3. The van der Waals surface area contributed by atoms with Gasteiger partial charge in [0, 0.05) is 5.57 Å². The van der Waals surface area contributed by atoms with Crippen LogP contribution < -0.4 is 0 Å². The lowest BCUT2D eigenvalue weighted by atomic mass is 10.1. The third-order valence-corrected chi connectivity index (χ3v) is 4.12. The van der Waals surface area contributed by atoms with E-state index < -0.39 is 8.07 Å². The lowest BCUT2D eigenvalue weighted by molar-refractivity contribution is 0.814. The molecule has 0 saturated heterocycles. The highest BCUT2D eigenvalue weighted by Gasteiger charge is 2.07. The Kier molecular flexibility index (Phi) is 8.63. The maximum atomic E-state index is 3.48. The Balaban J connectivity index is 2.68. The van der Waals surface area contributed by atoms with Gasteiger partial charge >= 0.3 is 0 Å². The standard InChI is InChI=1S/C21H30Si/c1-5-6-7-9-15-21(18-19-22(2,3)4)17-12-16-20-13-10-8-11-14-20/h8-11,13-15,17H,5-7,12,16H2,1-4H3/b15-9+,21-17+. The summed E-state index contributed by atoms with van der Waals surface area (Å²) in [5, 5.41) is 0.